The van der Waals surface area contributed by atoms with Crippen molar-refractivity contribution in [1.29, 1.82) is 5.26 Å². The molecule has 0 aliphatic heterocycles. The van der Waals surface area contributed by atoms with Gasteiger partial charge in [-0.2, -0.15) is 5.26 Å². The Balaban J connectivity index is 2.53. The molecule has 0 radical (unpaired) electrons. The summed E-state index contributed by atoms with van der Waals surface area (Å²) in [5.41, 5.74) is 3.46. The van der Waals surface area contributed by atoms with E-state index in [1.54, 1.807) is 0 Å². The Kier molecular flexibility index (Phi) is 3.95. The topological polar surface area (TPSA) is 35.8 Å². The number of nitriles is 1. The summed E-state index contributed by atoms with van der Waals surface area (Å²) in [6, 6.07) is 8.68. The monoisotopic (exact) mass is 216 g/mol. The first-order valence-corrected chi connectivity index (χ1v) is 5.67. The molecule has 0 bridgehead atoms. The maximum Gasteiger partial charge on any atom is 0.0684 e. The highest BCUT2D eigenvalue weighted by Gasteiger charge is 2.15. The van der Waals surface area contributed by atoms with Gasteiger partial charge in [0.15, 0.2) is 0 Å². The molecule has 0 heterocycles. The van der Waals surface area contributed by atoms with E-state index in [4.69, 9.17) is 5.26 Å². The van der Waals surface area contributed by atoms with Gasteiger partial charge >= 0.3 is 0 Å². The molecule has 2 heteroatoms. The summed E-state index contributed by atoms with van der Waals surface area (Å²) in [6.45, 7) is 8.97. The summed E-state index contributed by atoms with van der Waals surface area (Å²) < 4.78 is 0. The van der Waals surface area contributed by atoms with Crippen LogP contribution in [0.1, 0.15) is 31.4 Å². The second kappa shape index (κ2) is 5.03. The van der Waals surface area contributed by atoms with E-state index in [1.807, 2.05) is 13.8 Å². The molecule has 0 unspecified atom stereocenters. The van der Waals surface area contributed by atoms with Crippen molar-refractivity contribution in [3.63, 3.8) is 0 Å². The van der Waals surface area contributed by atoms with Gasteiger partial charge < -0.3 is 5.32 Å². The molecule has 0 saturated carbocycles. The van der Waals surface area contributed by atoms with Gasteiger partial charge in [0.1, 0.15) is 0 Å². The van der Waals surface area contributed by atoms with E-state index in [0.717, 1.165) is 13.0 Å². The van der Waals surface area contributed by atoms with Gasteiger partial charge in [0.05, 0.1) is 11.5 Å². The minimum absolute atomic E-state index is 0.244. The Morgan fingerprint density at radius 2 is 2.00 bits per heavy atom. The second-order valence-corrected chi connectivity index (χ2v) is 4.99. The first-order valence-electron chi connectivity index (χ1n) is 5.67. The lowest BCUT2D eigenvalue weighted by Crippen LogP contribution is -2.15. The minimum atomic E-state index is -0.244. The Hall–Kier alpha value is -1.49. The van der Waals surface area contributed by atoms with E-state index in [-0.39, 0.29) is 5.41 Å². The molecule has 0 saturated heterocycles. The van der Waals surface area contributed by atoms with Crippen LogP contribution in [0.2, 0.25) is 0 Å². The Morgan fingerprint density at radius 1 is 1.31 bits per heavy atom. The van der Waals surface area contributed by atoms with Gasteiger partial charge in [-0.15, -0.1) is 0 Å². The average Bonchev–Trinajstić information content (AvgIpc) is 2.21. The Bertz CT molecular complexity index is 400. The molecule has 0 aromatic heterocycles. The zero-order valence-corrected chi connectivity index (χ0v) is 10.6. The van der Waals surface area contributed by atoms with Crippen molar-refractivity contribution in [3.05, 3.63) is 29.3 Å². The maximum absolute atomic E-state index is 8.90. The molecule has 2 nitrogen and oxygen atoms in total. The summed E-state index contributed by atoms with van der Waals surface area (Å²) in [4.78, 5) is 0. The van der Waals surface area contributed by atoms with E-state index in [9.17, 15) is 0 Å². The van der Waals surface area contributed by atoms with Crippen LogP contribution in [-0.4, -0.2) is 6.54 Å². The van der Waals surface area contributed by atoms with Crippen LogP contribution in [0.3, 0.4) is 0 Å². The van der Waals surface area contributed by atoms with Crippen molar-refractivity contribution < 1.29 is 0 Å². The Morgan fingerprint density at radius 3 is 2.56 bits per heavy atom. The lowest BCUT2D eigenvalue weighted by Gasteiger charge is -2.16. The molecule has 0 amide bonds. The molecule has 0 fully saturated rings. The van der Waals surface area contributed by atoms with Crippen LogP contribution in [0.4, 0.5) is 5.69 Å². The molecule has 16 heavy (non-hydrogen) atoms. The normalized spacial score (nSPS) is 10.9. The van der Waals surface area contributed by atoms with Crippen LogP contribution in [0.5, 0.6) is 0 Å². The van der Waals surface area contributed by atoms with Gasteiger partial charge in [-0.25, -0.2) is 0 Å². The van der Waals surface area contributed by atoms with Crippen molar-refractivity contribution in [2.75, 3.05) is 11.9 Å². The quantitative estimate of drug-likeness (QED) is 0.833. The second-order valence-electron chi connectivity index (χ2n) is 4.99. The molecule has 1 rings (SSSR count). The van der Waals surface area contributed by atoms with E-state index in [1.165, 1.54) is 16.8 Å². The van der Waals surface area contributed by atoms with Crippen molar-refractivity contribution >= 4 is 5.69 Å². The third-order valence-corrected chi connectivity index (χ3v) is 2.75. The standard InChI is InChI=1S/C14H20N2/c1-11-5-6-13(12(2)9-11)16-8-7-14(3,4)10-15/h5-6,9,16H,7-8H2,1-4H3. The number of hydrogen-bond donors (Lipinski definition) is 1. The number of hydrogen-bond acceptors (Lipinski definition) is 2. The van der Waals surface area contributed by atoms with E-state index in [2.05, 4.69) is 43.4 Å². The molecule has 1 N–H and O–H groups in total. The van der Waals surface area contributed by atoms with Gasteiger partial charge in [0.25, 0.3) is 0 Å². The molecule has 0 aliphatic carbocycles. The van der Waals surface area contributed by atoms with Crippen molar-refractivity contribution in [3.8, 4) is 6.07 Å². The molecule has 0 atom stereocenters. The summed E-state index contributed by atoms with van der Waals surface area (Å²) >= 11 is 0. The number of aryl methyl sites for hydroxylation is 2. The highest BCUT2D eigenvalue weighted by atomic mass is 14.9. The fourth-order valence-electron chi connectivity index (χ4n) is 1.58. The highest BCUT2D eigenvalue weighted by Crippen LogP contribution is 2.20. The van der Waals surface area contributed by atoms with E-state index < -0.39 is 0 Å². The molecule has 1 aromatic rings. The number of anilines is 1. The fourth-order valence-corrected chi connectivity index (χ4v) is 1.58. The smallest absolute Gasteiger partial charge is 0.0684 e. The van der Waals surface area contributed by atoms with Crippen LogP contribution in [0.25, 0.3) is 0 Å². The van der Waals surface area contributed by atoms with Crippen molar-refractivity contribution in [2.24, 2.45) is 5.41 Å². The van der Waals surface area contributed by atoms with Gasteiger partial charge in [0, 0.05) is 12.2 Å². The summed E-state index contributed by atoms with van der Waals surface area (Å²) in [6.07, 6.45) is 0.858. The predicted molar refractivity (Wildman–Crippen MR) is 68.4 cm³/mol. The predicted octanol–water partition coefficient (Wildman–Crippen LogP) is 3.66. The third-order valence-electron chi connectivity index (χ3n) is 2.75. The first-order chi connectivity index (χ1) is 7.44. The molecular formula is C14H20N2. The van der Waals surface area contributed by atoms with Crippen LogP contribution >= 0.6 is 0 Å². The molecule has 0 spiro atoms. The van der Waals surface area contributed by atoms with Gasteiger partial charge in [-0.1, -0.05) is 17.7 Å². The number of nitrogens with one attached hydrogen (secondary N) is 1. The zero-order valence-electron chi connectivity index (χ0n) is 10.6. The fraction of sp³-hybridized carbons (Fsp3) is 0.500. The summed E-state index contributed by atoms with van der Waals surface area (Å²) in [5.74, 6) is 0. The largest absolute Gasteiger partial charge is 0.385 e. The number of rotatable bonds is 4. The van der Waals surface area contributed by atoms with Crippen molar-refractivity contribution in [2.45, 2.75) is 34.1 Å². The summed E-state index contributed by atoms with van der Waals surface area (Å²) in [7, 11) is 0. The number of benzene rings is 1. The lowest BCUT2D eigenvalue weighted by molar-refractivity contribution is 0.466. The lowest BCUT2D eigenvalue weighted by atomic mass is 9.91. The third kappa shape index (κ3) is 3.58. The maximum atomic E-state index is 8.90. The van der Waals surface area contributed by atoms with Crippen LogP contribution in [0, 0.1) is 30.6 Å². The molecule has 86 valence electrons. The average molecular weight is 216 g/mol. The van der Waals surface area contributed by atoms with E-state index >= 15 is 0 Å². The van der Waals surface area contributed by atoms with Crippen LogP contribution < -0.4 is 5.32 Å². The van der Waals surface area contributed by atoms with Gasteiger partial charge in [-0.3, -0.25) is 0 Å². The zero-order chi connectivity index (χ0) is 12.2. The van der Waals surface area contributed by atoms with Gasteiger partial charge in [-0.05, 0) is 45.7 Å². The molecule has 0 aliphatic rings. The van der Waals surface area contributed by atoms with E-state index in [0.29, 0.717) is 0 Å². The van der Waals surface area contributed by atoms with Gasteiger partial charge in [0.2, 0.25) is 0 Å². The van der Waals surface area contributed by atoms with Crippen molar-refractivity contribution in [1.82, 2.24) is 0 Å². The number of nitrogens with zero attached hydrogens (tertiary/aromatic N) is 1. The molecule has 1 aromatic carbocycles. The van der Waals surface area contributed by atoms with Crippen LogP contribution in [0.15, 0.2) is 18.2 Å². The minimum Gasteiger partial charge on any atom is -0.385 e. The summed E-state index contributed by atoms with van der Waals surface area (Å²) in [5, 5.41) is 12.3. The first kappa shape index (κ1) is 12.6. The van der Waals surface area contributed by atoms with Crippen LogP contribution in [-0.2, 0) is 0 Å². The molecular weight excluding hydrogens is 196 g/mol. The Labute approximate surface area is 98.3 Å². The highest BCUT2D eigenvalue weighted by molar-refractivity contribution is 5.51. The SMILES string of the molecule is Cc1ccc(NCCC(C)(C)C#N)c(C)c1.